The Hall–Kier alpha value is -9.71. The van der Waals surface area contributed by atoms with Crippen molar-refractivity contribution in [2.24, 2.45) is 10.7 Å². The van der Waals surface area contributed by atoms with Gasteiger partial charge in [0.15, 0.2) is 0 Å². The van der Waals surface area contributed by atoms with Crippen LogP contribution in [0.25, 0.3) is 0 Å². The van der Waals surface area contributed by atoms with Gasteiger partial charge in [-0.1, -0.05) is 161 Å². The van der Waals surface area contributed by atoms with E-state index in [0.717, 1.165) is 180 Å². The molecule has 0 radical (unpaired) electrons. The molecule has 1 fully saturated rings. The monoisotopic (exact) mass is 1900 g/mol. The molecule has 11 amide bonds. The predicted octanol–water partition coefficient (Wildman–Crippen LogP) is 22.1. The molecule has 0 aliphatic carbocycles. The number of benzene rings is 5. The molecule has 6 rings (SSSR count). The van der Waals surface area contributed by atoms with E-state index >= 15 is 0 Å². The highest BCUT2D eigenvalue weighted by Gasteiger charge is 2.20. The second-order valence-corrected chi connectivity index (χ2v) is 33.7. The first-order chi connectivity index (χ1) is 60.5. The summed E-state index contributed by atoms with van der Waals surface area (Å²) in [4.78, 5) is 104. The van der Waals surface area contributed by atoms with Crippen LogP contribution in [-0.2, 0) is 36.6 Å². The Morgan fingerprint density at radius 2 is 0.795 bits per heavy atom. The first-order valence-corrected chi connectivity index (χ1v) is 46.6. The lowest BCUT2D eigenvalue weighted by Gasteiger charge is -2.22. The van der Waals surface area contributed by atoms with Crippen LogP contribution in [0.5, 0.6) is 0 Å². The van der Waals surface area contributed by atoms with Crippen LogP contribution in [0.15, 0.2) is 135 Å². The number of alkyl carbamates (subject to hydrolysis) is 3. The number of carbonyl (C=O) groups is 7. The molecule has 0 atom stereocenters. The molecule has 5 aromatic carbocycles. The average molecular weight is 1900 g/mol. The Labute approximate surface area is 779 Å². The van der Waals surface area contributed by atoms with Gasteiger partial charge in [0.05, 0.1) is 18.8 Å². The number of halogens is 2. The number of aliphatic imine (C=N–C) groups is 1. The van der Waals surface area contributed by atoms with Crippen LogP contribution < -0.4 is 48.3 Å². The lowest BCUT2D eigenvalue weighted by molar-refractivity contribution is 0.0518. The fourth-order valence-electron chi connectivity index (χ4n) is 10.8. The highest BCUT2D eigenvalue weighted by Crippen LogP contribution is 2.21. The molecule has 1 saturated heterocycles. The van der Waals surface area contributed by atoms with Crippen molar-refractivity contribution in [3.63, 3.8) is 0 Å². The number of nitrogens with one attached hydrogen (secondary N) is 8. The topological polar surface area (TPSA) is 341 Å². The third-order valence-electron chi connectivity index (χ3n) is 16.0. The molecule has 712 valence electrons. The van der Waals surface area contributed by atoms with Crippen molar-refractivity contribution in [1.29, 1.82) is 0 Å². The number of nitrogens with zero attached hydrogens (tertiary/aromatic N) is 5. The van der Waals surface area contributed by atoms with Gasteiger partial charge in [0, 0.05) is 116 Å². The molecule has 0 bridgehead atoms. The van der Waals surface area contributed by atoms with E-state index in [2.05, 4.69) is 172 Å². The molecule has 0 unspecified atom stereocenters. The van der Waals surface area contributed by atoms with Crippen molar-refractivity contribution in [3.8, 4) is 24.2 Å². The maximum absolute atomic E-state index is 12.4. The molecule has 1 aliphatic heterocycles. The van der Waals surface area contributed by atoms with Gasteiger partial charge in [-0.15, -0.1) is 6.42 Å². The molecule has 1 aliphatic rings. The first-order valence-electron chi connectivity index (χ1n) is 45.0. The summed E-state index contributed by atoms with van der Waals surface area (Å²) in [6, 6.07) is 37.8. The van der Waals surface area contributed by atoms with Crippen molar-refractivity contribution in [3.05, 3.63) is 147 Å². The predicted molar refractivity (Wildman–Crippen MR) is 530 cm³/mol. The number of rotatable bonds is 34. The third kappa shape index (κ3) is 72.0. The van der Waals surface area contributed by atoms with Crippen LogP contribution in [0, 0.1) is 24.2 Å². The Morgan fingerprint density at radius 3 is 1.13 bits per heavy atom. The van der Waals surface area contributed by atoms with Gasteiger partial charge in [0.1, 0.15) is 16.8 Å². The third-order valence-corrected chi connectivity index (χ3v) is 17.0. The van der Waals surface area contributed by atoms with Crippen molar-refractivity contribution in [2.75, 3.05) is 133 Å². The molecule has 1 heterocycles. The van der Waals surface area contributed by atoms with Gasteiger partial charge in [-0.2, -0.15) is 4.99 Å². The van der Waals surface area contributed by atoms with E-state index in [1.54, 1.807) is 66.7 Å². The number of hydrogen-bond donors (Lipinski definition) is 10. The maximum atomic E-state index is 12.4. The number of urea groups is 4. The van der Waals surface area contributed by atoms with Crippen molar-refractivity contribution < 1.29 is 62.4 Å². The normalized spacial score (nSPS) is 10.7. The van der Waals surface area contributed by atoms with Crippen molar-refractivity contribution in [2.45, 2.75) is 258 Å². The number of carbonyl (C=O) groups excluding carboxylic acids is 8. The minimum Gasteiger partial charge on any atom is -0.444 e. The molecular weight excluding hydrogens is 1740 g/mol. The molecule has 0 saturated carbocycles. The first kappa shape index (κ1) is 121. The van der Waals surface area contributed by atoms with E-state index in [0.29, 0.717) is 24.5 Å². The molecular formula is C98H158Br2N14O13. The Morgan fingerprint density at radius 1 is 0.457 bits per heavy atom. The Bertz CT molecular complexity index is 3880. The van der Waals surface area contributed by atoms with Gasteiger partial charge in [-0.05, 0) is 282 Å². The maximum Gasteiger partial charge on any atom is 0.408 e. The van der Waals surface area contributed by atoms with Crippen LogP contribution in [0.4, 0.5) is 62.0 Å². The summed E-state index contributed by atoms with van der Waals surface area (Å²) in [6.45, 7) is 51.4. The Kier molecular flexibility index (Phi) is 74.0. The van der Waals surface area contributed by atoms with Gasteiger partial charge in [0.2, 0.25) is 6.08 Å². The number of hydrogen-bond acceptors (Lipinski definition) is 16. The summed E-state index contributed by atoms with van der Waals surface area (Å²) >= 11 is 6.63. The number of nitrogens with two attached hydrogens (primary N) is 1. The number of isocyanates is 1. The average Bonchev–Trinajstić information content (AvgIpc) is 1.67. The van der Waals surface area contributed by atoms with Gasteiger partial charge in [0.25, 0.3) is 0 Å². The van der Waals surface area contributed by atoms with E-state index in [1.807, 2.05) is 137 Å². The molecule has 0 spiro atoms. The second kappa shape index (κ2) is 77.4. The molecule has 0 aromatic heterocycles. The molecule has 5 aromatic rings. The number of amides is 11. The largest absolute Gasteiger partial charge is 0.444 e. The minimum atomic E-state index is -0.534. The number of aliphatic hydroxyl groups excluding tert-OH is 1. The van der Waals surface area contributed by atoms with Gasteiger partial charge < -0.3 is 91.9 Å². The zero-order valence-electron chi connectivity index (χ0n) is 80.4. The number of anilines is 4. The standard InChI is InChI=1S/C21H35N3O3.C21H31N3O3.C16H27N3O.C13H19BrN2O.C8H13NO2.C7H4BrNO.C6H15N.C4H8O.C2H6O/c2*1-6-14-24(15-7-2)19(25)23-18-12-8-10-17(16-18)11-9-13-22-20(26)27-21(3,4)5;1-3-11-19(12-4-2)16(20)18-15-9-5-7-14(13-15)8-6-10-17;1-3-8-16(9-4-2)13(17)15-12-7-5-6-11(14)10-12;1-5-6-9-7(10)11-8(2,3)4;8-6-2-1-3-7(4-6)9-5-10;1-3-5-7-6-4-2;1-2-4-5-3-1;1-2-3/h8,10,12,16H,6-7,9,11,13-15H2,1-5H3,(H,22,26)(H,23,25);8,10,12,16H,6-7,13-15H2,1-5H3,(H,22,26)(H,23,25);5,7,9,13H,3-4,6,8,10-12,17H2,1-2H3,(H,18,20);5-7,10H,3-4,8-9H2,1-2H3,(H,15,17);1H,6H2,2-4H3,(H,9,10);1-4H;7H,3-6H2,1-2H3;1-4H2;3H,2H2,1H3. The number of terminal acetylenes is 1. The fourth-order valence-corrected chi connectivity index (χ4v) is 11.6. The van der Waals surface area contributed by atoms with E-state index in [4.69, 9.17) is 36.2 Å². The summed E-state index contributed by atoms with van der Waals surface area (Å²) in [5.41, 5.74) is 10.9. The van der Waals surface area contributed by atoms with Gasteiger partial charge >= 0.3 is 42.4 Å². The fraction of sp³-hybridized carbons (Fsp3) is 0.571. The quantitative estimate of drug-likeness (QED) is 0.00602. The van der Waals surface area contributed by atoms with Crippen LogP contribution in [0.1, 0.15) is 245 Å². The second-order valence-electron chi connectivity index (χ2n) is 31.9. The molecule has 27 nitrogen and oxygen atoms in total. The number of ether oxygens (including phenoxy) is 4. The Balaban J connectivity index is -0.00000144. The van der Waals surface area contributed by atoms with Crippen LogP contribution >= 0.6 is 31.9 Å². The van der Waals surface area contributed by atoms with E-state index in [-0.39, 0.29) is 43.8 Å². The lowest BCUT2D eigenvalue weighted by Crippen LogP contribution is -2.36. The summed E-state index contributed by atoms with van der Waals surface area (Å²) < 4.78 is 22.1. The zero-order chi connectivity index (χ0) is 96.1. The number of aliphatic hydroxyl groups is 1. The molecule has 127 heavy (non-hydrogen) atoms. The van der Waals surface area contributed by atoms with Crippen LogP contribution in [0.3, 0.4) is 0 Å². The van der Waals surface area contributed by atoms with E-state index < -0.39 is 35.1 Å². The molecule has 29 heteroatoms. The summed E-state index contributed by atoms with van der Waals surface area (Å²) in [5.74, 6) is 8.12. The van der Waals surface area contributed by atoms with Gasteiger partial charge in [-0.25, -0.2) is 38.4 Å². The highest BCUT2D eigenvalue weighted by molar-refractivity contribution is 9.10. The van der Waals surface area contributed by atoms with Crippen molar-refractivity contribution >= 4 is 109 Å². The van der Waals surface area contributed by atoms with E-state index in [1.165, 1.54) is 50.4 Å². The minimum absolute atomic E-state index is 0.00956. The lowest BCUT2D eigenvalue weighted by atomic mass is 10.1. The number of aryl methyl sites for hydroxylation is 2. The highest BCUT2D eigenvalue weighted by atomic mass is 79.9. The summed E-state index contributed by atoms with van der Waals surface area (Å²) in [5, 5.41) is 30.4. The van der Waals surface area contributed by atoms with Crippen molar-refractivity contribution in [1.82, 2.24) is 40.9 Å². The SMILES string of the molecule is C#CCNC(=O)OC(C)(C)C.C1CCOC1.CCCN(CCC)C(=O)Nc1cccc(Br)c1.CCCN(CCC)C(=O)Nc1cccc(C#CCNC(=O)OC(C)(C)C)c1.CCCN(CCC)C(=O)Nc1cccc(CCCN)c1.CCCN(CCC)C(=O)Nc1cccc(CCCNC(=O)OC(C)(C)C)c1.CCCNCCC.CCO.O=C=Nc1cccc(Br)c1. The van der Waals surface area contributed by atoms with Gasteiger partial charge in [-0.3, -0.25) is 0 Å². The van der Waals surface area contributed by atoms with Crippen LogP contribution in [-0.4, -0.2) is 201 Å². The summed E-state index contributed by atoms with van der Waals surface area (Å²) in [6.07, 6.45) is 21.2. The molecule has 11 N–H and O–H groups in total. The summed E-state index contributed by atoms with van der Waals surface area (Å²) in [7, 11) is 0. The zero-order valence-corrected chi connectivity index (χ0v) is 83.5. The van der Waals surface area contributed by atoms with E-state index in [9.17, 15) is 38.4 Å². The smallest absolute Gasteiger partial charge is 0.408 e. The van der Waals surface area contributed by atoms with Crippen LogP contribution in [0.2, 0.25) is 0 Å².